The third-order valence-electron chi connectivity index (χ3n) is 5.14. The summed E-state index contributed by atoms with van der Waals surface area (Å²) in [6, 6.07) is 25.4. The Morgan fingerprint density at radius 3 is 2.48 bits per heavy atom. The van der Waals surface area contributed by atoms with Crippen LogP contribution in [0.2, 0.25) is 0 Å². The highest BCUT2D eigenvalue weighted by Gasteiger charge is 2.20. The Bertz CT molecular complexity index is 1110. The summed E-state index contributed by atoms with van der Waals surface area (Å²) in [6.07, 6.45) is 3.66. The minimum Gasteiger partial charge on any atom is -0.350 e. The largest absolute Gasteiger partial charge is 0.350 e. The van der Waals surface area contributed by atoms with Crippen LogP contribution in [-0.4, -0.2) is 17.9 Å². The normalized spacial score (nSPS) is 15.1. The molecule has 2 amide bonds. The molecule has 4 nitrogen and oxygen atoms in total. The number of carbonyl (C=O) groups is 2. The van der Waals surface area contributed by atoms with Gasteiger partial charge in [-0.05, 0) is 61.2 Å². The second kappa shape index (κ2) is 9.67. The number of nitrogens with one attached hydrogen (secondary N) is 2. The first-order valence-corrected chi connectivity index (χ1v) is 11.1. The molecule has 0 radical (unpaired) electrons. The molecule has 0 aromatic heterocycles. The lowest BCUT2D eigenvalue weighted by Crippen LogP contribution is -2.32. The van der Waals surface area contributed by atoms with Gasteiger partial charge in [0.2, 0.25) is 0 Å². The maximum absolute atomic E-state index is 12.6. The van der Waals surface area contributed by atoms with Gasteiger partial charge in [0.15, 0.2) is 0 Å². The summed E-state index contributed by atoms with van der Waals surface area (Å²) in [5, 5.41) is 5.98. The van der Waals surface area contributed by atoms with E-state index in [1.807, 2.05) is 67.6 Å². The van der Waals surface area contributed by atoms with Crippen LogP contribution in [-0.2, 0) is 11.2 Å². The van der Waals surface area contributed by atoms with Crippen LogP contribution in [0.5, 0.6) is 0 Å². The molecular formula is C26H24N2O2S. The van der Waals surface area contributed by atoms with Crippen molar-refractivity contribution in [1.29, 1.82) is 0 Å². The summed E-state index contributed by atoms with van der Waals surface area (Å²) < 4.78 is 0. The smallest absolute Gasteiger partial charge is 0.262 e. The fourth-order valence-electron chi connectivity index (χ4n) is 3.39. The number of aryl methyl sites for hydroxylation is 1. The van der Waals surface area contributed by atoms with E-state index in [1.165, 1.54) is 17.3 Å². The number of hydrogen-bond donors (Lipinski definition) is 2. The Hall–Kier alpha value is -3.31. The molecule has 4 rings (SSSR count). The molecule has 0 saturated carbocycles. The molecule has 1 unspecified atom stereocenters. The molecule has 0 aliphatic carbocycles. The Morgan fingerprint density at radius 2 is 1.71 bits per heavy atom. The summed E-state index contributed by atoms with van der Waals surface area (Å²) in [7, 11) is 0. The number of rotatable bonds is 6. The van der Waals surface area contributed by atoms with Crippen LogP contribution in [0.15, 0.2) is 88.7 Å². The minimum absolute atomic E-state index is 0.0805. The number of anilines is 1. The van der Waals surface area contributed by atoms with Crippen molar-refractivity contribution in [1.82, 2.24) is 5.32 Å². The zero-order valence-electron chi connectivity index (χ0n) is 17.3. The van der Waals surface area contributed by atoms with Crippen molar-refractivity contribution in [3.8, 4) is 0 Å². The Balaban J connectivity index is 1.36. The number of amides is 2. The molecule has 3 aromatic rings. The molecule has 0 fully saturated rings. The molecule has 0 spiro atoms. The van der Waals surface area contributed by atoms with E-state index < -0.39 is 0 Å². The highest BCUT2D eigenvalue weighted by atomic mass is 32.2. The highest BCUT2D eigenvalue weighted by molar-refractivity contribution is 8.04. The molecule has 156 valence electrons. The van der Waals surface area contributed by atoms with Gasteiger partial charge in [-0.2, -0.15) is 0 Å². The van der Waals surface area contributed by atoms with Gasteiger partial charge < -0.3 is 10.6 Å². The molecule has 1 aliphatic heterocycles. The van der Waals surface area contributed by atoms with E-state index in [9.17, 15) is 9.59 Å². The first-order chi connectivity index (χ1) is 15.1. The summed E-state index contributed by atoms with van der Waals surface area (Å²) in [5.41, 5.74) is 3.60. The number of carbonyl (C=O) groups excluding carboxylic acids is 2. The monoisotopic (exact) mass is 428 g/mol. The van der Waals surface area contributed by atoms with Gasteiger partial charge >= 0.3 is 0 Å². The average molecular weight is 429 g/mol. The van der Waals surface area contributed by atoms with Crippen molar-refractivity contribution < 1.29 is 9.59 Å². The second-order valence-electron chi connectivity index (χ2n) is 7.58. The van der Waals surface area contributed by atoms with Crippen LogP contribution in [0.4, 0.5) is 5.69 Å². The van der Waals surface area contributed by atoms with E-state index in [4.69, 9.17) is 0 Å². The SMILES string of the molecule is CC(CCc1ccccc1)NC(=O)c1ccc(C=C2Sc3ccccc3NC2=O)cc1. The Morgan fingerprint density at radius 1 is 1.00 bits per heavy atom. The van der Waals surface area contributed by atoms with Crippen molar-refractivity contribution in [3.63, 3.8) is 0 Å². The average Bonchev–Trinajstić information content (AvgIpc) is 2.79. The van der Waals surface area contributed by atoms with Crippen molar-refractivity contribution in [2.45, 2.75) is 30.7 Å². The van der Waals surface area contributed by atoms with E-state index in [0.29, 0.717) is 10.5 Å². The lowest BCUT2D eigenvalue weighted by atomic mass is 10.1. The van der Waals surface area contributed by atoms with Crippen molar-refractivity contribution in [2.75, 3.05) is 5.32 Å². The molecule has 1 heterocycles. The Labute approximate surface area is 186 Å². The molecule has 31 heavy (non-hydrogen) atoms. The summed E-state index contributed by atoms with van der Waals surface area (Å²) in [6.45, 7) is 2.02. The summed E-state index contributed by atoms with van der Waals surface area (Å²) in [4.78, 5) is 26.6. The zero-order chi connectivity index (χ0) is 21.6. The lowest BCUT2D eigenvalue weighted by molar-refractivity contribution is -0.112. The van der Waals surface area contributed by atoms with Crippen molar-refractivity contribution >= 4 is 35.3 Å². The standard InChI is InChI=1S/C26H24N2O2S/c1-18(11-12-19-7-3-2-4-8-19)27-25(29)21-15-13-20(14-16-21)17-24-26(30)28-22-9-5-6-10-23(22)31-24/h2-10,13-18H,11-12H2,1H3,(H,27,29)(H,28,30). The molecule has 3 aromatic carbocycles. The predicted octanol–water partition coefficient (Wildman–Crippen LogP) is 5.52. The maximum atomic E-state index is 12.6. The number of benzene rings is 3. The maximum Gasteiger partial charge on any atom is 0.262 e. The minimum atomic E-state index is -0.113. The third kappa shape index (κ3) is 5.44. The first-order valence-electron chi connectivity index (χ1n) is 10.3. The van der Waals surface area contributed by atoms with Gasteiger partial charge in [0.25, 0.3) is 11.8 Å². The predicted molar refractivity (Wildman–Crippen MR) is 127 cm³/mol. The van der Waals surface area contributed by atoms with Crippen molar-refractivity contribution in [2.24, 2.45) is 0 Å². The van der Waals surface area contributed by atoms with Gasteiger partial charge in [-0.3, -0.25) is 9.59 Å². The highest BCUT2D eigenvalue weighted by Crippen LogP contribution is 2.38. The van der Waals surface area contributed by atoms with Crippen molar-refractivity contribution in [3.05, 3.63) is 100 Å². The molecule has 5 heteroatoms. The van der Waals surface area contributed by atoms with Crippen LogP contribution < -0.4 is 10.6 Å². The molecule has 0 bridgehead atoms. The number of thioether (sulfide) groups is 1. The van der Waals surface area contributed by atoms with Crippen LogP contribution >= 0.6 is 11.8 Å². The summed E-state index contributed by atoms with van der Waals surface area (Å²) >= 11 is 1.45. The molecule has 2 N–H and O–H groups in total. The van der Waals surface area contributed by atoms with E-state index in [2.05, 4.69) is 22.8 Å². The fourth-order valence-corrected chi connectivity index (χ4v) is 4.34. The molecule has 1 atom stereocenters. The number of hydrogen-bond acceptors (Lipinski definition) is 3. The topological polar surface area (TPSA) is 58.2 Å². The molecule has 0 saturated heterocycles. The van der Waals surface area contributed by atoms with Gasteiger partial charge in [0.1, 0.15) is 0 Å². The van der Waals surface area contributed by atoms with Gasteiger partial charge in [0, 0.05) is 16.5 Å². The second-order valence-corrected chi connectivity index (χ2v) is 8.67. The fraction of sp³-hybridized carbons (Fsp3) is 0.154. The third-order valence-corrected chi connectivity index (χ3v) is 6.24. The zero-order valence-corrected chi connectivity index (χ0v) is 18.1. The van der Waals surface area contributed by atoms with E-state index in [0.717, 1.165) is 29.0 Å². The van der Waals surface area contributed by atoms with E-state index >= 15 is 0 Å². The van der Waals surface area contributed by atoms with Gasteiger partial charge in [-0.25, -0.2) is 0 Å². The first kappa shape index (κ1) is 20.9. The number of para-hydroxylation sites is 1. The van der Waals surface area contributed by atoms with Crippen LogP contribution in [0.1, 0.15) is 34.8 Å². The quantitative estimate of drug-likeness (QED) is 0.508. The van der Waals surface area contributed by atoms with Gasteiger partial charge in [0.05, 0.1) is 10.6 Å². The summed E-state index contributed by atoms with van der Waals surface area (Å²) in [5.74, 6) is -0.198. The van der Waals surface area contributed by atoms with E-state index in [1.54, 1.807) is 12.1 Å². The van der Waals surface area contributed by atoms with Crippen LogP contribution in [0.3, 0.4) is 0 Å². The van der Waals surface area contributed by atoms with Crippen LogP contribution in [0.25, 0.3) is 6.08 Å². The van der Waals surface area contributed by atoms with E-state index in [-0.39, 0.29) is 17.9 Å². The molecular weight excluding hydrogens is 404 g/mol. The Kier molecular flexibility index (Phi) is 6.53. The van der Waals surface area contributed by atoms with Gasteiger partial charge in [-0.15, -0.1) is 0 Å². The van der Waals surface area contributed by atoms with Gasteiger partial charge in [-0.1, -0.05) is 66.4 Å². The lowest BCUT2D eigenvalue weighted by Gasteiger charge is -2.18. The number of fused-ring (bicyclic) bond motifs is 1. The van der Waals surface area contributed by atoms with Crippen LogP contribution in [0, 0.1) is 0 Å². The molecule has 1 aliphatic rings.